The lowest BCUT2D eigenvalue weighted by Gasteiger charge is -2.38. The smallest absolute Gasteiger partial charge is 0.247 e. The van der Waals surface area contributed by atoms with Crippen LogP contribution in [0.3, 0.4) is 0 Å². The van der Waals surface area contributed by atoms with Gasteiger partial charge in [0.25, 0.3) is 0 Å². The zero-order valence-corrected chi connectivity index (χ0v) is 23.3. The minimum atomic E-state index is -3.95. The van der Waals surface area contributed by atoms with E-state index in [-0.39, 0.29) is 41.5 Å². The summed E-state index contributed by atoms with van der Waals surface area (Å²) in [6.07, 6.45) is 0.917. The van der Waals surface area contributed by atoms with Gasteiger partial charge in [-0.05, 0) is 55.2 Å². The fourth-order valence-electron chi connectivity index (χ4n) is 5.04. The van der Waals surface area contributed by atoms with Crippen molar-refractivity contribution in [3.8, 4) is 22.6 Å². The number of methoxy groups -OCH3 is 1. The fraction of sp³-hybridized carbons (Fsp3) is 0.536. The Balaban J connectivity index is 1.72. The number of ether oxygens (including phenoxy) is 3. The van der Waals surface area contributed by atoms with Crippen LogP contribution in [-0.2, 0) is 19.6 Å². The van der Waals surface area contributed by atoms with Crippen LogP contribution < -0.4 is 9.47 Å². The van der Waals surface area contributed by atoms with Gasteiger partial charge >= 0.3 is 0 Å². The van der Waals surface area contributed by atoms with Gasteiger partial charge in [0, 0.05) is 44.7 Å². The highest BCUT2D eigenvalue weighted by Gasteiger charge is 2.39. The molecule has 2 aromatic carbocycles. The molecule has 2 heterocycles. The summed E-state index contributed by atoms with van der Waals surface area (Å²) in [4.78, 5) is 14.9. The van der Waals surface area contributed by atoms with Crippen LogP contribution in [0.2, 0.25) is 0 Å². The largest absolute Gasteiger partial charge is 0.497 e. The molecule has 4 rings (SSSR count). The number of likely N-dealkylation sites (N-methyl/N-ethyl adjacent to an activating group) is 1. The molecule has 0 saturated carbocycles. The molecule has 1 fully saturated rings. The van der Waals surface area contributed by atoms with Crippen LogP contribution >= 0.6 is 0 Å². The van der Waals surface area contributed by atoms with E-state index in [1.807, 2.05) is 31.2 Å². The molecule has 1 N–H and O–H groups in total. The molecule has 38 heavy (non-hydrogen) atoms. The second-order valence-corrected chi connectivity index (χ2v) is 12.1. The number of nitrogens with zero attached hydrogens (tertiary/aromatic N) is 2. The van der Waals surface area contributed by atoms with Crippen LogP contribution in [0.15, 0.2) is 47.4 Å². The predicted octanol–water partition coefficient (Wildman–Crippen LogP) is 3.02. The number of aliphatic hydroxyl groups excluding tert-OH is 1. The third-order valence-corrected chi connectivity index (χ3v) is 9.49. The van der Waals surface area contributed by atoms with E-state index in [0.717, 1.165) is 11.1 Å². The molecule has 0 aromatic heterocycles. The summed E-state index contributed by atoms with van der Waals surface area (Å²) in [5.74, 6) is 0.618. The number of rotatable bonds is 7. The van der Waals surface area contributed by atoms with E-state index < -0.39 is 22.2 Å². The molecular formula is C28H38N2O7S. The van der Waals surface area contributed by atoms with Crippen molar-refractivity contribution in [2.24, 2.45) is 11.8 Å². The topological polar surface area (TPSA) is 106 Å². The van der Waals surface area contributed by atoms with Gasteiger partial charge in [-0.1, -0.05) is 25.1 Å². The number of hydrogen-bond donors (Lipinski definition) is 1. The Bertz CT molecular complexity index is 1230. The predicted molar refractivity (Wildman–Crippen MR) is 144 cm³/mol. The first kappa shape index (κ1) is 28.4. The van der Waals surface area contributed by atoms with Gasteiger partial charge in [-0.25, -0.2) is 8.42 Å². The van der Waals surface area contributed by atoms with Gasteiger partial charge in [0.15, 0.2) is 0 Å². The molecule has 2 aliphatic heterocycles. The molecule has 0 spiro atoms. The first-order chi connectivity index (χ1) is 18.1. The van der Waals surface area contributed by atoms with Crippen molar-refractivity contribution in [1.82, 2.24) is 9.21 Å². The fourth-order valence-corrected chi connectivity index (χ4v) is 6.87. The van der Waals surface area contributed by atoms with E-state index in [4.69, 9.17) is 14.2 Å². The van der Waals surface area contributed by atoms with Crippen LogP contribution in [0.5, 0.6) is 11.5 Å². The molecule has 2 aliphatic rings. The summed E-state index contributed by atoms with van der Waals surface area (Å²) in [5.41, 5.74) is 1.63. The van der Waals surface area contributed by atoms with E-state index in [2.05, 4.69) is 0 Å². The van der Waals surface area contributed by atoms with Gasteiger partial charge in [-0.2, -0.15) is 4.31 Å². The molecule has 1 amide bonds. The van der Waals surface area contributed by atoms with Gasteiger partial charge in [-0.3, -0.25) is 4.79 Å². The number of benzene rings is 2. The van der Waals surface area contributed by atoms with E-state index >= 15 is 0 Å². The Labute approximate surface area is 225 Å². The number of aliphatic hydroxyl groups is 1. The van der Waals surface area contributed by atoms with Crippen molar-refractivity contribution in [2.75, 3.05) is 47.1 Å². The Kier molecular flexibility index (Phi) is 8.97. The molecular weight excluding hydrogens is 508 g/mol. The first-order valence-electron chi connectivity index (χ1n) is 13.1. The maximum atomic E-state index is 13.8. The van der Waals surface area contributed by atoms with Crippen molar-refractivity contribution in [3.05, 3.63) is 42.5 Å². The molecule has 1 saturated heterocycles. The van der Waals surface area contributed by atoms with Crippen LogP contribution in [0, 0.1) is 11.8 Å². The third kappa shape index (κ3) is 5.98. The maximum absolute atomic E-state index is 13.8. The van der Waals surface area contributed by atoms with Crippen LogP contribution in [0.1, 0.15) is 26.7 Å². The molecule has 9 nitrogen and oxygen atoms in total. The van der Waals surface area contributed by atoms with Gasteiger partial charge in [0.2, 0.25) is 15.9 Å². The monoisotopic (exact) mass is 546 g/mol. The number of carbonyl (C=O) groups excluding carboxylic acids is 1. The molecule has 0 bridgehead atoms. The van der Waals surface area contributed by atoms with Crippen LogP contribution in [-0.4, -0.2) is 87.9 Å². The van der Waals surface area contributed by atoms with Gasteiger partial charge in [0.1, 0.15) is 22.5 Å². The summed E-state index contributed by atoms with van der Waals surface area (Å²) in [6, 6.07) is 11.9. The van der Waals surface area contributed by atoms with Crippen molar-refractivity contribution in [3.63, 3.8) is 0 Å². The zero-order chi connectivity index (χ0) is 27.4. The minimum absolute atomic E-state index is 0.0414. The lowest BCUT2D eigenvalue weighted by Crippen LogP contribution is -2.50. The molecule has 0 aliphatic carbocycles. The van der Waals surface area contributed by atoms with Gasteiger partial charge in [0.05, 0.1) is 20.3 Å². The number of hydrogen-bond acceptors (Lipinski definition) is 7. The van der Waals surface area contributed by atoms with Crippen LogP contribution in [0.25, 0.3) is 11.1 Å². The first-order valence-corrected chi connectivity index (χ1v) is 14.5. The Morgan fingerprint density at radius 1 is 1.18 bits per heavy atom. The second kappa shape index (κ2) is 12.0. The highest BCUT2D eigenvalue weighted by atomic mass is 32.2. The van der Waals surface area contributed by atoms with E-state index in [1.165, 1.54) is 4.31 Å². The average Bonchev–Trinajstić information content (AvgIpc) is 2.94. The second-order valence-electron chi connectivity index (χ2n) is 10.2. The normalized spacial score (nSPS) is 22.9. The zero-order valence-electron chi connectivity index (χ0n) is 22.5. The number of sulfonamides is 1. The van der Waals surface area contributed by atoms with Crippen molar-refractivity contribution in [1.29, 1.82) is 0 Å². The van der Waals surface area contributed by atoms with Gasteiger partial charge in [-0.15, -0.1) is 0 Å². The Hall–Kier alpha value is -2.66. The minimum Gasteiger partial charge on any atom is -0.497 e. The lowest BCUT2D eigenvalue weighted by molar-refractivity contribution is -0.138. The quantitative estimate of drug-likeness (QED) is 0.569. The summed E-state index contributed by atoms with van der Waals surface area (Å²) in [7, 11) is -0.592. The lowest BCUT2D eigenvalue weighted by atomic mass is 9.97. The van der Waals surface area contributed by atoms with E-state index in [0.29, 0.717) is 38.3 Å². The Morgan fingerprint density at radius 3 is 2.58 bits per heavy atom. The number of amides is 1. The highest BCUT2D eigenvalue weighted by molar-refractivity contribution is 7.89. The summed E-state index contributed by atoms with van der Waals surface area (Å²) in [5, 5.41) is 9.87. The third-order valence-electron chi connectivity index (χ3n) is 7.47. The average molecular weight is 547 g/mol. The molecule has 2 aromatic rings. The highest BCUT2D eigenvalue weighted by Crippen LogP contribution is 2.37. The van der Waals surface area contributed by atoms with Crippen molar-refractivity contribution >= 4 is 15.9 Å². The molecule has 3 atom stereocenters. The van der Waals surface area contributed by atoms with Crippen molar-refractivity contribution < 1.29 is 32.5 Å². The van der Waals surface area contributed by atoms with Crippen LogP contribution in [0.4, 0.5) is 0 Å². The Morgan fingerprint density at radius 2 is 1.89 bits per heavy atom. The number of carbonyl (C=O) groups is 1. The molecule has 10 heteroatoms. The van der Waals surface area contributed by atoms with Gasteiger partial charge < -0.3 is 24.2 Å². The van der Waals surface area contributed by atoms with E-state index in [9.17, 15) is 18.3 Å². The maximum Gasteiger partial charge on any atom is 0.247 e. The molecule has 0 unspecified atom stereocenters. The SMILES string of the molecule is COc1cccc(-c2ccc3c(c2)O[C@@H](CN(C)C(=O)C2CCOCC2)[C@@H](C)CN([C@@H](C)CO)S3(=O)=O)c1. The molecule has 208 valence electrons. The standard InChI is InChI=1S/C28H38N2O7S/c1-19-16-30(20(2)18-31)38(33,34)27-9-8-23(22-6-5-7-24(14-22)35-4)15-25(27)37-26(19)17-29(3)28(32)21-10-12-36-13-11-21/h5-9,14-15,19-21,26,31H,10-13,16-18H2,1-4H3/t19-,20-,26-/m0/s1. The molecule has 0 radical (unpaired) electrons. The number of fused-ring (bicyclic) bond motifs is 1. The van der Waals surface area contributed by atoms with Crippen molar-refractivity contribution in [2.45, 2.75) is 43.7 Å². The summed E-state index contributed by atoms with van der Waals surface area (Å²) >= 11 is 0. The summed E-state index contributed by atoms with van der Waals surface area (Å²) in [6.45, 7) is 4.91. The van der Waals surface area contributed by atoms with E-state index in [1.54, 1.807) is 44.2 Å². The summed E-state index contributed by atoms with van der Waals surface area (Å²) < 4.78 is 46.1.